The maximum absolute atomic E-state index is 14.7. The van der Waals surface area contributed by atoms with Gasteiger partial charge in [-0.15, -0.1) is 0 Å². The molecule has 4 rings (SSSR count). The van der Waals surface area contributed by atoms with Crippen molar-refractivity contribution in [2.45, 2.75) is 6.54 Å². The van der Waals surface area contributed by atoms with E-state index >= 15 is 0 Å². The third-order valence-corrected chi connectivity index (χ3v) is 5.32. The van der Waals surface area contributed by atoms with Crippen LogP contribution >= 0.6 is 23.2 Å². The lowest BCUT2D eigenvalue weighted by Gasteiger charge is -2.17. The van der Waals surface area contributed by atoms with Gasteiger partial charge >= 0.3 is 0 Å². The SMILES string of the molecule is N#Cc1c(F)c(Cl)c2c(C(=O)c3ccccc3)c3n(c(=N)c2c1Cl)CCN3. The van der Waals surface area contributed by atoms with Gasteiger partial charge in [-0.25, -0.2) is 4.39 Å². The van der Waals surface area contributed by atoms with Crippen LogP contribution < -0.4 is 10.8 Å². The zero-order valence-corrected chi connectivity index (χ0v) is 15.2. The van der Waals surface area contributed by atoms with Crippen molar-refractivity contribution in [2.75, 3.05) is 11.9 Å². The Morgan fingerprint density at radius 3 is 2.59 bits per heavy atom. The van der Waals surface area contributed by atoms with Crippen molar-refractivity contribution in [1.29, 1.82) is 10.7 Å². The predicted molar refractivity (Wildman–Crippen MR) is 101 cm³/mol. The van der Waals surface area contributed by atoms with Crippen LogP contribution in [0.4, 0.5) is 10.2 Å². The first kappa shape index (κ1) is 17.5. The van der Waals surface area contributed by atoms with Crippen LogP contribution in [0.1, 0.15) is 21.5 Å². The number of anilines is 1. The number of nitriles is 1. The molecule has 0 saturated heterocycles. The van der Waals surface area contributed by atoms with Crippen LogP contribution in [-0.4, -0.2) is 16.9 Å². The topological polar surface area (TPSA) is 81.7 Å². The number of rotatable bonds is 2. The van der Waals surface area contributed by atoms with Gasteiger partial charge in [-0.1, -0.05) is 53.5 Å². The highest BCUT2D eigenvalue weighted by atomic mass is 35.5. The minimum Gasteiger partial charge on any atom is -0.369 e. The molecule has 8 heteroatoms. The number of pyridine rings is 1. The zero-order valence-electron chi connectivity index (χ0n) is 13.7. The van der Waals surface area contributed by atoms with E-state index in [4.69, 9.17) is 28.6 Å². The van der Waals surface area contributed by atoms with Gasteiger partial charge in [-0.2, -0.15) is 5.26 Å². The minimum atomic E-state index is -0.999. The van der Waals surface area contributed by atoms with Crippen molar-refractivity contribution >= 4 is 45.6 Å². The summed E-state index contributed by atoms with van der Waals surface area (Å²) in [4.78, 5) is 13.3. The van der Waals surface area contributed by atoms with Crippen molar-refractivity contribution in [2.24, 2.45) is 0 Å². The molecule has 5 nitrogen and oxygen atoms in total. The number of hydrogen-bond acceptors (Lipinski definition) is 4. The van der Waals surface area contributed by atoms with Gasteiger partial charge in [0.05, 0.1) is 15.6 Å². The van der Waals surface area contributed by atoms with Crippen LogP contribution in [-0.2, 0) is 6.54 Å². The van der Waals surface area contributed by atoms with E-state index in [1.807, 2.05) is 0 Å². The fourth-order valence-electron chi connectivity index (χ4n) is 3.36. The van der Waals surface area contributed by atoms with E-state index in [1.54, 1.807) is 41.0 Å². The summed E-state index contributed by atoms with van der Waals surface area (Å²) in [5.41, 5.74) is 0.0651. The normalized spacial score (nSPS) is 12.5. The van der Waals surface area contributed by atoms with Gasteiger partial charge in [-0.3, -0.25) is 10.2 Å². The molecule has 0 aliphatic carbocycles. The molecule has 1 aliphatic rings. The second-order valence-electron chi connectivity index (χ2n) is 6.02. The Morgan fingerprint density at radius 1 is 1.22 bits per heavy atom. The fourth-order valence-corrected chi connectivity index (χ4v) is 3.96. The molecule has 0 saturated carbocycles. The Balaban J connectivity index is 2.23. The lowest BCUT2D eigenvalue weighted by molar-refractivity contribution is 0.104. The van der Waals surface area contributed by atoms with E-state index < -0.39 is 16.4 Å². The molecule has 3 aromatic rings. The number of nitrogens with one attached hydrogen (secondary N) is 2. The quantitative estimate of drug-likeness (QED) is 0.501. The van der Waals surface area contributed by atoms with Crippen molar-refractivity contribution in [3.8, 4) is 6.07 Å². The number of carbonyl (C=O) groups excluding carboxylic acids is 1. The van der Waals surface area contributed by atoms with E-state index in [0.717, 1.165) is 0 Å². The van der Waals surface area contributed by atoms with Gasteiger partial charge in [0.15, 0.2) is 11.6 Å². The molecule has 2 aromatic carbocycles. The first-order valence-corrected chi connectivity index (χ1v) is 8.78. The molecular formula is C19H11Cl2FN4O. The summed E-state index contributed by atoms with van der Waals surface area (Å²) in [7, 11) is 0. The average Bonchev–Trinajstić information content (AvgIpc) is 3.17. The largest absolute Gasteiger partial charge is 0.369 e. The monoisotopic (exact) mass is 400 g/mol. The summed E-state index contributed by atoms with van der Waals surface area (Å²) in [6.45, 7) is 0.937. The summed E-state index contributed by atoms with van der Waals surface area (Å²) >= 11 is 12.5. The molecule has 27 heavy (non-hydrogen) atoms. The summed E-state index contributed by atoms with van der Waals surface area (Å²) in [6.07, 6.45) is 0. The van der Waals surface area contributed by atoms with Crippen molar-refractivity contribution in [3.63, 3.8) is 0 Å². The molecule has 0 atom stereocenters. The molecule has 2 N–H and O–H groups in total. The van der Waals surface area contributed by atoms with Crippen molar-refractivity contribution in [1.82, 2.24) is 4.57 Å². The smallest absolute Gasteiger partial charge is 0.197 e. The number of carbonyl (C=O) groups is 1. The molecule has 0 bridgehead atoms. The van der Waals surface area contributed by atoms with Crippen LogP contribution in [0.2, 0.25) is 10.0 Å². The maximum Gasteiger partial charge on any atom is 0.197 e. The predicted octanol–water partition coefficient (Wildman–Crippen LogP) is 4.09. The fraction of sp³-hybridized carbons (Fsp3) is 0.105. The van der Waals surface area contributed by atoms with Crippen LogP contribution in [0.5, 0.6) is 0 Å². The van der Waals surface area contributed by atoms with E-state index in [2.05, 4.69) is 5.32 Å². The molecule has 2 heterocycles. The van der Waals surface area contributed by atoms with Gasteiger partial charge in [0.25, 0.3) is 0 Å². The highest BCUT2D eigenvalue weighted by Gasteiger charge is 2.30. The van der Waals surface area contributed by atoms with Gasteiger partial charge in [-0.05, 0) is 0 Å². The first-order valence-electron chi connectivity index (χ1n) is 8.02. The van der Waals surface area contributed by atoms with Gasteiger partial charge in [0.1, 0.15) is 22.9 Å². The van der Waals surface area contributed by atoms with Crippen LogP contribution in [0.25, 0.3) is 10.8 Å². The van der Waals surface area contributed by atoms with Gasteiger partial charge in [0.2, 0.25) is 0 Å². The highest BCUT2D eigenvalue weighted by Crippen LogP contribution is 2.39. The first-order chi connectivity index (χ1) is 13.0. The van der Waals surface area contributed by atoms with Crippen LogP contribution in [0.15, 0.2) is 30.3 Å². The highest BCUT2D eigenvalue weighted by molar-refractivity contribution is 6.43. The summed E-state index contributed by atoms with van der Waals surface area (Å²) in [6, 6.07) is 10.2. The number of nitrogens with zero attached hydrogens (tertiary/aromatic N) is 2. The molecule has 0 amide bonds. The summed E-state index contributed by atoms with van der Waals surface area (Å²) in [5, 5.41) is 20.3. The van der Waals surface area contributed by atoms with E-state index in [-0.39, 0.29) is 32.6 Å². The Labute approximate surface area is 163 Å². The molecule has 0 radical (unpaired) electrons. The molecule has 1 aliphatic heterocycles. The summed E-state index contributed by atoms with van der Waals surface area (Å²) < 4.78 is 16.3. The third kappa shape index (κ3) is 2.43. The molecular weight excluding hydrogens is 390 g/mol. The second kappa shape index (κ2) is 6.38. The third-order valence-electron chi connectivity index (χ3n) is 4.59. The molecule has 0 fully saturated rings. The molecule has 1 aromatic heterocycles. The van der Waals surface area contributed by atoms with Crippen molar-refractivity contribution in [3.05, 3.63) is 68.4 Å². The van der Waals surface area contributed by atoms with Crippen LogP contribution in [0, 0.1) is 22.6 Å². The standard InChI is InChI=1S/C19H11Cl2FN4O/c20-14-10(8-23)16(22)15(21)11-12(14)18(24)26-7-6-25-19(26)13(11)17(27)9-4-2-1-3-5-9/h1-5,24-25H,6-7H2. The Morgan fingerprint density at radius 2 is 1.93 bits per heavy atom. The number of aromatic nitrogens is 1. The van der Waals surface area contributed by atoms with Crippen LogP contribution in [0.3, 0.4) is 0 Å². The minimum absolute atomic E-state index is 0.0296. The number of halogens is 3. The van der Waals surface area contributed by atoms with Gasteiger partial charge < -0.3 is 9.88 Å². The van der Waals surface area contributed by atoms with Gasteiger partial charge in [0, 0.05) is 29.4 Å². The number of hydrogen-bond donors (Lipinski definition) is 2. The summed E-state index contributed by atoms with van der Waals surface area (Å²) in [5.74, 6) is -0.981. The lowest BCUT2D eigenvalue weighted by Crippen LogP contribution is -2.22. The number of benzene rings is 2. The second-order valence-corrected chi connectivity index (χ2v) is 6.78. The van der Waals surface area contributed by atoms with E-state index in [9.17, 15) is 14.4 Å². The Kier molecular flexibility index (Phi) is 4.14. The lowest BCUT2D eigenvalue weighted by atomic mass is 9.96. The maximum atomic E-state index is 14.7. The average molecular weight is 401 g/mol. The zero-order chi connectivity index (χ0) is 19.3. The molecule has 0 spiro atoms. The molecule has 134 valence electrons. The van der Waals surface area contributed by atoms with E-state index in [0.29, 0.717) is 24.5 Å². The number of ketones is 1. The van der Waals surface area contributed by atoms with Crippen molar-refractivity contribution < 1.29 is 9.18 Å². The molecule has 0 unspecified atom stereocenters. The Hall–Kier alpha value is -2.88. The van der Waals surface area contributed by atoms with E-state index in [1.165, 1.54) is 0 Å². The number of fused-ring (bicyclic) bond motifs is 2. The Bertz CT molecular complexity index is 1230.